The smallest absolute Gasteiger partial charge is 0.0676 e. The fourth-order valence-corrected chi connectivity index (χ4v) is 2.47. The average Bonchev–Trinajstić information content (AvgIpc) is 2.40. The summed E-state index contributed by atoms with van der Waals surface area (Å²) < 4.78 is 0.973. The number of aromatic nitrogens is 1. The van der Waals surface area contributed by atoms with Crippen molar-refractivity contribution in [1.82, 2.24) is 4.98 Å². The number of likely N-dealkylation sites (N-methyl/N-ethyl adjacent to an activating group) is 1. The molecule has 3 nitrogen and oxygen atoms in total. The number of halogens is 1. The first-order valence-corrected chi connectivity index (χ1v) is 7.01. The third-order valence-electron chi connectivity index (χ3n) is 3.24. The molecule has 0 bridgehead atoms. The van der Waals surface area contributed by atoms with E-state index in [9.17, 15) is 0 Å². The van der Waals surface area contributed by atoms with E-state index in [1.807, 2.05) is 6.20 Å². The molecule has 0 aliphatic heterocycles. The molecule has 2 aromatic rings. The van der Waals surface area contributed by atoms with Crippen molar-refractivity contribution in [1.29, 1.82) is 0 Å². The van der Waals surface area contributed by atoms with Gasteiger partial charge in [0.2, 0.25) is 0 Å². The summed E-state index contributed by atoms with van der Waals surface area (Å²) in [5, 5.41) is 0. The van der Waals surface area contributed by atoms with Gasteiger partial charge in [0.05, 0.1) is 6.04 Å². The molecule has 1 aromatic carbocycles. The summed E-state index contributed by atoms with van der Waals surface area (Å²) in [4.78, 5) is 6.40. The predicted molar refractivity (Wildman–Crippen MR) is 83.3 cm³/mol. The van der Waals surface area contributed by atoms with Crippen LogP contribution in [0.3, 0.4) is 0 Å². The lowest BCUT2D eigenvalue weighted by Crippen LogP contribution is -2.30. The molecule has 0 amide bonds. The van der Waals surface area contributed by atoms with Crippen LogP contribution < -0.4 is 10.6 Å². The van der Waals surface area contributed by atoms with Gasteiger partial charge in [-0.1, -0.05) is 17.7 Å². The predicted octanol–water partition coefficient (Wildman–Crippen LogP) is 3.29. The Bertz CT molecular complexity index is 539. The number of aryl methyl sites for hydroxylation is 1. The minimum absolute atomic E-state index is 0.118. The molecule has 0 fully saturated rings. The summed E-state index contributed by atoms with van der Waals surface area (Å²) in [5.41, 5.74) is 9.46. The summed E-state index contributed by atoms with van der Waals surface area (Å²) in [7, 11) is 2.06. The quantitative estimate of drug-likeness (QED) is 0.940. The Balaban J connectivity index is 2.28. The molecule has 4 heteroatoms. The molecule has 0 radical (unpaired) electrons. The Morgan fingerprint density at radius 2 is 1.95 bits per heavy atom. The molecule has 0 saturated heterocycles. The average molecular weight is 320 g/mol. The molecule has 2 rings (SSSR count). The van der Waals surface area contributed by atoms with Gasteiger partial charge in [-0.25, -0.2) is 0 Å². The number of anilines is 1. The van der Waals surface area contributed by atoms with E-state index in [1.54, 1.807) is 6.20 Å². The highest BCUT2D eigenvalue weighted by Gasteiger charge is 2.16. The van der Waals surface area contributed by atoms with Gasteiger partial charge in [0.15, 0.2) is 0 Å². The summed E-state index contributed by atoms with van der Waals surface area (Å²) in [6.45, 7) is 2.63. The molecule has 2 N–H and O–H groups in total. The summed E-state index contributed by atoms with van der Waals surface area (Å²) >= 11 is 3.45. The molecule has 1 atom stereocenters. The molecule has 0 saturated carbocycles. The highest BCUT2D eigenvalue weighted by Crippen LogP contribution is 2.26. The number of hydrogen-bond donors (Lipinski definition) is 1. The second-order valence-electron chi connectivity index (χ2n) is 4.63. The maximum Gasteiger partial charge on any atom is 0.0676 e. The Morgan fingerprint density at radius 1 is 1.26 bits per heavy atom. The first-order valence-electron chi connectivity index (χ1n) is 6.22. The minimum atomic E-state index is 0.118. The van der Waals surface area contributed by atoms with E-state index >= 15 is 0 Å². The van der Waals surface area contributed by atoms with E-state index in [-0.39, 0.29) is 6.04 Å². The molecule has 0 spiro atoms. The fraction of sp³-hybridized carbons (Fsp3) is 0.267. The maximum atomic E-state index is 5.94. The van der Waals surface area contributed by atoms with Crippen molar-refractivity contribution in [3.63, 3.8) is 0 Å². The fourth-order valence-electron chi connectivity index (χ4n) is 2.09. The van der Waals surface area contributed by atoms with Crippen LogP contribution in [0.15, 0.2) is 47.2 Å². The first kappa shape index (κ1) is 14.0. The van der Waals surface area contributed by atoms with Gasteiger partial charge in [-0.15, -0.1) is 0 Å². The second kappa shape index (κ2) is 6.17. The van der Waals surface area contributed by atoms with Crippen molar-refractivity contribution in [3.8, 4) is 0 Å². The summed E-state index contributed by atoms with van der Waals surface area (Å²) in [6, 6.07) is 10.6. The van der Waals surface area contributed by atoms with Crippen molar-refractivity contribution in [2.45, 2.75) is 13.0 Å². The third-order valence-corrected chi connectivity index (χ3v) is 3.68. The number of hydrogen-bond acceptors (Lipinski definition) is 3. The Hall–Kier alpha value is -1.39. The van der Waals surface area contributed by atoms with E-state index in [1.165, 1.54) is 5.56 Å². The maximum absolute atomic E-state index is 5.94. The van der Waals surface area contributed by atoms with E-state index in [4.69, 9.17) is 5.73 Å². The first-order chi connectivity index (χ1) is 9.11. The molecule has 0 aliphatic carbocycles. The number of rotatable bonds is 4. The van der Waals surface area contributed by atoms with E-state index in [2.05, 4.69) is 70.1 Å². The van der Waals surface area contributed by atoms with Crippen LogP contribution in [0.25, 0.3) is 0 Å². The van der Waals surface area contributed by atoms with Crippen LogP contribution in [0.4, 0.5) is 5.69 Å². The van der Waals surface area contributed by atoms with Gasteiger partial charge in [0.25, 0.3) is 0 Å². The molecule has 19 heavy (non-hydrogen) atoms. The zero-order valence-electron chi connectivity index (χ0n) is 11.2. The van der Waals surface area contributed by atoms with Crippen molar-refractivity contribution in [2.75, 3.05) is 18.5 Å². The number of nitrogens with zero attached hydrogens (tertiary/aromatic N) is 2. The van der Waals surface area contributed by atoms with Crippen LogP contribution in [-0.2, 0) is 0 Å². The zero-order valence-corrected chi connectivity index (χ0v) is 12.8. The van der Waals surface area contributed by atoms with Gasteiger partial charge in [-0.2, -0.15) is 0 Å². The highest BCUT2D eigenvalue weighted by molar-refractivity contribution is 9.10. The lowest BCUT2D eigenvalue weighted by atomic mass is 10.1. The van der Waals surface area contributed by atoms with Crippen LogP contribution in [0.1, 0.15) is 17.2 Å². The lowest BCUT2D eigenvalue weighted by molar-refractivity contribution is 0.677. The van der Waals surface area contributed by atoms with Crippen LogP contribution in [0.5, 0.6) is 0 Å². The van der Waals surface area contributed by atoms with Crippen LogP contribution in [0.2, 0.25) is 0 Å². The van der Waals surface area contributed by atoms with Gasteiger partial charge in [-0.3, -0.25) is 4.98 Å². The molecular formula is C15H18BrN3. The largest absolute Gasteiger partial charge is 0.366 e. The SMILES string of the molecule is Cc1ccc(N(C)C(CN)c2cncc(Br)c2)cc1. The molecular weight excluding hydrogens is 302 g/mol. The van der Waals surface area contributed by atoms with Gasteiger partial charge in [0, 0.05) is 36.1 Å². The topological polar surface area (TPSA) is 42.1 Å². The minimum Gasteiger partial charge on any atom is -0.366 e. The van der Waals surface area contributed by atoms with E-state index in [0.29, 0.717) is 6.54 Å². The molecule has 0 aliphatic rings. The summed E-state index contributed by atoms with van der Waals surface area (Å²) in [5.74, 6) is 0. The Labute approximate surface area is 122 Å². The molecule has 1 heterocycles. The van der Waals surface area contributed by atoms with Gasteiger partial charge in [0.1, 0.15) is 0 Å². The van der Waals surface area contributed by atoms with Gasteiger partial charge in [-0.05, 0) is 46.6 Å². The second-order valence-corrected chi connectivity index (χ2v) is 5.55. The normalized spacial score (nSPS) is 12.2. The monoisotopic (exact) mass is 319 g/mol. The van der Waals surface area contributed by atoms with Gasteiger partial charge < -0.3 is 10.6 Å². The summed E-state index contributed by atoms with van der Waals surface area (Å²) in [6.07, 6.45) is 3.65. The number of nitrogens with two attached hydrogens (primary N) is 1. The molecule has 100 valence electrons. The van der Waals surface area contributed by atoms with Crippen molar-refractivity contribution in [3.05, 3.63) is 58.3 Å². The molecule has 1 aromatic heterocycles. The standard InChI is InChI=1S/C15H18BrN3/c1-11-3-5-14(6-4-11)19(2)15(8-17)12-7-13(16)10-18-9-12/h3-7,9-10,15H,8,17H2,1-2H3. The van der Waals surface area contributed by atoms with Gasteiger partial charge >= 0.3 is 0 Å². The Morgan fingerprint density at radius 3 is 2.53 bits per heavy atom. The van der Waals surface area contributed by atoms with Crippen LogP contribution in [0, 0.1) is 6.92 Å². The van der Waals surface area contributed by atoms with E-state index in [0.717, 1.165) is 15.7 Å². The number of benzene rings is 1. The Kier molecular flexibility index (Phi) is 4.56. The lowest BCUT2D eigenvalue weighted by Gasteiger charge is -2.29. The van der Waals surface area contributed by atoms with Crippen LogP contribution in [-0.4, -0.2) is 18.6 Å². The van der Waals surface area contributed by atoms with Crippen molar-refractivity contribution < 1.29 is 0 Å². The number of pyridine rings is 1. The van der Waals surface area contributed by atoms with Crippen molar-refractivity contribution in [2.24, 2.45) is 5.73 Å². The van der Waals surface area contributed by atoms with Crippen molar-refractivity contribution >= 4 is 21.6 Å². The van der Waals surface area contributed by atoms with E-state index < -0.39 is 0 Å². The van der Waals surface area contributed by atoms with Crippen LogP contribution >= 0.6 is 15.9 Å². The highest BCUT2D eigenvalue weighted by atomic mass is 79.9. The molecule has 1 unspecified atom stereocenters. The zero-order chi connectivity index (χ0) is 13.8. The third kappa shape index (κ3) is 3.33.